The molecule has 0 atom stereocenters. The predicted molar refractivity (Wildman–Crippen MR) is 79.8 cm³/mol. The lowest BCUT2D eigenvalue weighted by atomic mass is 10.2. The summed E-state index contributed by atoms with van der Waals surface area (Å²) in [5.41, 5.74) is -1.20. The summed E-state index contributed by atoms with van der Waals surface area (Å²) < 4.78 is 86.0. The molecule has 1 amide bonds. The molecular weight excluding hydrogens is 324 g/mol. The van der Waals surface area contributed by atoms with Crippen molar-refractivity contribution in [1.29, 1.82) is 0 Å². The molecule has 1 aromatic heterocycles. The van der Waals surface area contributed by atoms with Crippen LogP contribution >= 0.6 is 15.9 Å². The van der Waals surface area contributed by atoms with Gasteiger partial charge in [-0.3, -0.25) is 0 Å². The zero-order valence-corrected chi connectivity index (χ0v) is 12.6. The molecule has 0 unspecified atom stereocenters. The summed E-state index contributed by atoms with van der Waals surface area (Å²) in [4.78, 5) is 19.4. The number of nitrogens with zero attached hydrogens (tertiary/aromatic N) is 4. The van der Waals surface area contributed by atoms with Crippen molar-refractivity contribution < 1.29 is 23.2 Å². The van der Waals surface area contributed by atoms with Crippen LogP contribution in [0.5, 0.6) is 0 Å². The summed E-state index contributed by atoms with van der Waals surface area (Å²) in [6.45, 7) is -9.56. The van der Waals surface area contributed by atoms with E-state index in [2.05, 4.69) is 25.9 Å². The number of anilines is 1. The van der Waals surface area contributed by atoms with Crippen molar-refractivity contribution in [2.75, 3.05) is 30.9 Å². The smallest absolute Gasteiger partial charge is 0.410 e. The van der Waals surface area contributed by atoms with E-state index < -0.39 is 56.0 Å². The van der Waals surface area contributed by atoms with Gasteiger partial charge in [0.05, 0.1) is 18.2 Å². The van der Waals surface area contributed by atoms with Crippen LogP contribution in [0.4, 0.5) is 10.7 Å². The average Bonchev–Trinajstić information content (AvgIpc) is 2.48. The predicted octanol–water partition coefficient (Wildman–Crippen LogP) is 2.30. The van der Waals surface area contributed by atoms with Gasteiger partial charge in [0.1, 0.15) is 5.60 Å². The standard InChI is InChI=1S/C13H19BrN4O2/c1-13(2,3)20-12(19)18-6-4-17(5-7-18)11-15-8-10(14)9-16-11/h8-9H,4-7H2,1-3H3/i4D2,5D2,6D2,7D2,8D,9D. The molecule has 0 bridgehead atoms. The maximum atomic E-state index is 12.6. The van der Waals surface area contributed by atoms with Crippen molar-refractivity contribution in [1.82, 2.24) is 14.9 Å². The van der Waals surface area contributed by atoms with Crippen LogP contribution in [0.2, 0.25) is 0 Å². The van der Waals surface area contributed by atoms with E-state index in [9.17, 15) is 4.79 Å². The number of carbonyl (C=O) groups excluding carboxylic acids is 1. The van der Waals surface area contributed by atoms with E-state index in [4.69, 9.17) is 18.4 Å². The molecule has 1 saturated heterocycles. The van der Waals surface area contributed by atoms with E-state index in [0.717, 1.165) is 0 Å². The van der Waals surface area contributed by atoms with E-state index in [0.29, 0.717) is 0 Å². The Labute approximate surface area is 141 Å². The normalized spacial score (nSPS) is 33.6. The van der Waals surface area contributed by atoms with E-state index in [1.165, 1.54) is 20.8 Å². The number of piperazine rings is 1. The third-order valence-corrected chi connectivity index (χ3v) is 2.19. The number of carbonyl (C=O) groups is 1. The molecule has 1 fully saturated rings. The highest BCUT2D eigenvalue weighted by Crippen LogP contribution is 2.15. The molecule has 1 aromatic rings. The fourth-order valence-corrected chi connectivity index (χ4v) is 1.28. The molecule has 20 heavy (non-hydrogen) atoms. The van der Waals surface area contributed by atoms with Crippen molar-refractivity contribution in [3.8, 4) is 0 Å². The lowest BCUT2D eigenvalue weighted by molar-refractivity contribution is 0.0240. The first-order chi connectivity index (χ1) is 13.2. The van der Waals surface area contributed by atoms with Gasteiger partial charge in [0.25, 0.3) is 0 Å². The number of amides is 1. The number of ether oxygens (including phenoxy) is 1. The Hall–Kier alpha value is -1.37. The molecule has 110 valence electrons. The number of aromatic nitrogens is 2. The van der Waals surface area contributed by atoms with Crippen LogP contribution in [0.15, 0.2) is 16.8 Å². The van der Waals surface area contributed by atoms with Crippen molar-refractivity contribution in [2.45, 2.75) is 26.4 Å². The van der Waals surface area contributed by atoms with E-state index in [1.807, 2.05) is 0 Å². The highest BCUT2D eigenvalue weighted by molar-refractivity contribution is 9.10. The number of halogens is 1. The first kappa shape index (κ1) is 6.60. The van der Waals surface area contributed by atoms with Crippen molar-refractivity contribution in [2.24, 2.45) is 0 Å². The van der Waals surface area contributed by atoms with Crippen molar-refractivity contribution in [3.05, 3.63) is 16.8 Å². The Morgan fingerprint density at radius 1 is 1.35 bits per heavy atom. The lowest BCUT2D eigenvalue weighted by Gasteiger charge is -2.35. The second-order valence-corrected chi connectivity index (χ2v) is 5.45. The van der Waals surface area contributed by atoms with Crippen LogP contribution in [0, 0.1) is 0 Å². The van der Waals surface area contributed by atoms with Gasteiger partial charge in [-0.05, 0) is 36.7 Å². The van der Waals surface area contributed by atoms with Crippen molar-refractivity contribution >= 4 is 28.0 Å². The monoisotopic (exact) mass is 352 g/mol. The summed E-state index contributed by atoms with van der Waals surface area (Å²) in [6.07, 6.45) is -2.84. The molecule has 0 aliphatic carbocycles. The van der Waals surface area contributed by atoms with E-state index in [1.54, 1.807) is 0 Å². The van der Waals surface area contributed by atoms with E-state index >= 15 is 0 Å². The summed E-state index contributed by atoms with van der Waals surface area (Å²) in [6, 6.07) is 0. The first-order valence-corrected chi connectivity index (χ1v) is 6.33. The van der Waals surface area contributed by atoms with Gasteiger partial charge in [-0.15, -0.1) is 0 Å². The van der Waals surface area contributed by atoms with Crippen LogP contribution in [0.1, 0.15) is 34.5 Å². The molecule has 1 aliphatic heterocycles. The Kier molecular flexibility index (Phi) is 1.96. The molecule has 7 heteroatoms. The Morgan fingerprint density at radius 2 is 1.90 bits per heavy atom. The first-order valence-electron chi connectivity index (χ1n) is 10.5. The van der Waals surface area contributed by atoms with Crippen molar-refractivity contribution in [3.63, 3.8) is 0 Å². The van der Waals surface area contributed by atoms with Gasteiger partial charge in [-0.1, -0.05) is 0 Å². The van der Waals surface area contributed by atoms with Gasteiger partial charge in [-0.25, -0.2) is 14.8 Å². The fraction of sp³-hybridized carbons (Fsp3) is 0.615. The highest BCUT2D eigenvalue weighted by Gasteiger charge is 2.26. The minimum Gasteiger partial charge on any atom is -0.444 e. The third kappa shape index (κ3) is 4.06. The Balaban J connectivity index is 2.76. The summed E-state index contributed by atoms with van der Waals surface area (Å²) in [7, 11) is 0. The Morgan fingerprint density at radius 3 is 2.40 bits per heavy atom. The molecule has 6 nitrogen and oxygen atoms in total. The third-order valence-electron chi connectivity index (χ3n) is 1.83. The minimum absolute atomic E-state index is 0.0383. The SMILES string of the molecule is [2H]c1nc(N2C([2H])([2H])C([2H])([2H])N(C(=O)OC(C)(C)C)C([2H])([2H])C2([2H])[2H])nc([2H])c1Br. The minimum atomic E-state index is -3.48. The molecule has 0 aromatic carbocycles. The molecular formula is C13H19BrN4O2. The van der Waals surface area contributed by atoms with Crippen LogP contribution < -0.4 is 4.90 Å². The highest BCUT2D eigenvalue weighted by atomic mass is 79.9. The van der Waals surface area contributed by atoms with Gasteiger partial charge in [0.2, 0.25) is 5.95 Å². The largest absolute Gasteiger partial charge is 0.444 e. The molecule has 2 rings (SSSR count). The summed E-state index contributed by atoms with van der Waals surface area (Å²) >= 11 is 2.87. The zero-order valence-electron chi connectivity index (χ0n) is 21.0. The molecule has 2 heterocycles. The maximum absolute atomic E-state index is 12.6. The van der Waals surface area contributed by atoms with Gasteiger partial charge in [-0.2, -0.15) is 0 Å². The van der Waals surface area contributed by atoms with E-state index in [-0.39, 0.29) is 14.3 Å². The fourth-order valence-electron chi connectivity index (χ4n) is 1.10. The van der Waals surface area contributed by atoms with Gasteiger partial charge < -0.3 is 14.5 Å². The number of rotatable bonds is 1. The lowest BCUT2D eigenvalue weighted by Crippen LogP contribution is -2.50. The summed E-state index contributed by atoms with van der Waals surface area (Å²) in [5.74, 6) is -0.931. The maximum Gasteiger partial charge on any atom is 0.410 e. The molecule has 1 aliphatic rings. The second kappa shape index (κ2) is 5.95. The number of hydrogen-bond donors (Lipinski definition) is 0. The van der Waals surface area contributed by atoms with Crippen LogP contribution in [0.3, 0.4) is 0 Å². The van der Waals surface area contributed by atoms with Gasteiger partial charge in [0, 0.05) is 38.3 Å². The summed E-state index contributed by atoms with van der Waals surface area (Å²) in [5, 5.41) is 0. The van der Waals surface area contributed by atoms with Gasteiger partial charge >= 0.3 is 6.09 Å². The van der Waals surface area contributed by atoms with Crippen LogP contribution in [-0.4, -0.2) is 52.5 Å². The molecule has 0 N–H and O–H groups in total. The van der Waals surface area contributed by atoms with Crippen LogP contribution in [0.25, 0.3) is 0 Å². The molecule has 0 radical (unpaired) electrons. The average molecular weight is 353 g/mol. The van der Waals surface area contributed by atoms with Gasteiger partial charge in [0.15, 0.2) is 0 Å². The molecule has 0 spiro atoms. The van der Waals surface area contributed by atoms with Crippen LogP contribution in [-0.2, 0) is 4.74 Å². The zero-order chi connectivity index (χ0) is 23.7. The second-order valence-electron chi connectivity index (χ2n) is 4.66. The molecule has 0 saturated carbocycles. The number of hydrogen-bond acceptors (Lipinski definition) is 5. The topological polar surface area (TPSA) is 58.6 Å². The quantitative estimate of drug-likeness (QED) is 0.775. The Bertz CT molecular complexity index is 825.